The molecule has 1 saturated heterocycles. The van der Waals surface area contributed by atoms with Crippen molar-refractivity contribution in [3.63, 3.8) is 0 Å². The number of nitrogens with zero attached hydrogens (tertiary/aromatic N) is 1. The highest BCUT2D eigenvalue weighted by Crippen LogP contribution is 2.24. The molecule has 2 rings (SSSR count). The van der Waals surface area contributed by atoms with Crippen molar-refractivity contribution in [2.45, 2.75) is 39.7 Å². The maximum atomic E-state index is 12.4. The summed E-state index contributed by atoms with van der Waals surface area (Å²) < 4.78 is 5.64. The predicted octanol–water partition coefficient (Wildman–Crippen LogP) is 3.01. The minimum atomic E-state index is 0.167. The van der Waals surface area contributed by atoms with Crippen LogP contribution < -0.4 is 0 Å². The van der Waals surface area contributed by atoms with Crippen molar-refractivity contribution in [1.82, 2.24) is 4.90 Å². The van der Waals surface area contributed by atoms with Gasteiger partial charge in [0.15, 0.2) is 0 Å². The Hall–Kier alpha value is -0.870. The van der Waals surface area contributed by atoms with Crippen molar-refractivity contribution in [1.29, 1.82) is 0 Å². The molecule has 100 valence electrons. The van der Waals surface area contributed by atoms with E-state index in [0.29, 0.717) is 0 Å². The van der Waals surface area contributed by atoms with E-state index in [0.717, 1.165) is 37.4 Å². The molecule has 1 aliphatic heterocycles. The van der Waals surface area contributed by atoms with E-state index in [9.17, 15) is 4.79 Å². The van der Waals surface area contributed by atoms with Crippen LogP contribution in [-0.4, -0.2) is 36.6 Å². The Morgan fingerprint density at radius 3 is 2.94 bits per heavy atom. The van der Waals surface area contributed by atoms with Gasteiger partial charge in [-0.15, -0.1) is 11.3 Å². The molecule has 1 atom stereocenters. The molecule has 2 heterocycles. The third-order valence-corrected chi connectivity index (χ3v) is 4.59. The van der Waals surface area contributed by atoms with Gasteiger partial charge < -0.3 is 9.64 Å². The van der Waals surface area contributed by atoms with Gasteiger partial charge in [0.2, 0.25) is 0 Å². The van der Waals surface area contributed by atoms with Crippen molar-refractivity contribution >= 4 is 17.2 Å². The first-order valence-corrected chi connectivity index (χ1v) is 7.41. The van der Waals surface area contributed by atoms with Crippen molar-refractivity contribution in [3.8, 4) is 0 Å². The van der Waals surface area contributed by atoms with Crippen LogP contribution in [-0.2, 0) is 4.74 Å². The van der Waals surface area contributed by atoms with Gasteiger partial charge in [0.05, 0.1) is 11.0 Å². The smallest absolute Gasteiger partial charge is 0.264 e. The Labute approximate surface area is 113 Å². The molecular formula is C14H21NO2S. The number of amides is 1. The van der Waals surface area contributed by atoms with E-state index in [1.165, 1.54) is 10.4 Å². The summed E-state index contributed by atoms with van der Waals surface area (Å²) in [5.74, 6) is 0.167. The quantitative estimate of drug-likeness (QED) is 0.842. The van der Waals surface area contributed by atoms with Gasteiger partial charge in [0.25, 0.3) is 5.91 Å². The third kappa shape index (κ3) is 2.93. The van der Waals surface area contributed by atoms with Crippen molar-refractivity contribution in [2.24, 2.45) is 0 Å². The van der Waals surface area contributed by atoms with Crippen LogP contribution in [0.15, 0.2) is 6.07 Å². The number of thiophene rings is 1. The monoisotopic (exact) mass is 267 g/mol. The largest absolute Gasteiger partial charge is 0.377 e. The number of hydrogen-bond acceptors (Lipinski definition) is 3. The van der Waals surface area contributed by atoms with E-state index < -0.39 is 0 Å². The highest BCUT2D eigenvalue weighted by atomic mass is 32.1. The molecule has 0 aromatic carbocycles. The van der Waals surface area contributed by atoms with E-state index in [4.69, 9.17) is 4.74 Å². The lowest BCUT2D eigenvalue weighted by atomic mass is 10.1. The lowest BCUT2D eigenvalue weighted by Crippen LogP contribution is -2.43. The van der Waals surface area contributed by atoms with Crippen molar-refractivity contribution in [2.75, 3.05) is 19.7 Å². The Kier molecular flexibility index (Phi) is 4.40. The van der Waals surface area contributed by atoms with E-state index in [1.54, 1.807) is 11.3 Å². The predicted molar refractivity (Wildman–Crippen MR) is 74.3 cm³/mol. The van der Waals surface area contributed by atoms with Gasteiger partial charge in [0, 0.05) is 24.6 Å². The zero-order chi connectivity index (χ0) is 13.1. The van der Waals surface area contributed by atoms with Gasteiger partial charge in [-0.05, 0) is 45.2 Å². The number of carbonyl (C=O) groups is 1. The van der Waals surface area contributed by atoms with Gasteiger partial charge in [-0.3, -0.25) is 4.79 Å². The minimum Gasteiger partial charge on any atom is -0.377 e. The maximum absolute atomic E-state index is 12.4. The van der Waals surface area contributed by atoms with E-state index in [2.05, 4.69) is 13.8 Å². The molecule has 0 aliphatic carbocycles. The molecule has 1 unspecified atom stereocenters. The van der Waals surface area contributed by atoms with Gasteiger partial charge in [-0.1, -0.05) is 0 Å². The summed E-state index contributed by atoms with van der Waals surface area (Å²) in [5.41, 5.74) is 1.21. The Morgan fingerprint density at radius 2 is 2.33 bits per heavy atom. The van der Waals surface area contributed by atoms with E-state index in [1.807, 2.05) is 17.9 Å². The van der Waals surface area contributed by atoms with Gasteiger partial charge >= 0.3 is 0 Å². The SMILES string of the molecule is CCOC1CCCN(C(=O)c2cc(C)c(C)s2)C1. The Bertz CT molecular complexity index is 406. The van der Waals surface area contributed by atoms with Crippen LogP contribution in [0.5, 0.6) is 0 Å². The first-order chi connectivity index (χ1) is 8.61. The summed E-state index contributed by atoms with van der Waals surface area (Å²) in [5, 5.41) is 0. The van der Waals surface area contributed by atoms with Crippen LogP contribution in [0, 0.1) is 13.8 Å². The highest BCUT2D eigenvalue weighted by Gasteiger charge is 2.25. The highest BCUT2D eigenvalue weighted by molar-refractivity contribution is 7.14. The summed E-state index contributed by atoms with van der Waals surface area (Å²) in [6.07, 6.45) is 2.33. The Balaban J connectivity index is 2.04. The molecule has 4 heteroatoms. The average molecular weight is 267 g/mol. The fourth-order valence-electron chi connectivity index (χ4n) is 2.33. The number of rotatable bonds is 3. The molecule has 0 bridgehead atoms. The second-order valence-electron chi connectivity index (χ2n) is 4.82. The summed E-state index contributed by atoms with van der Waals surface area (Å²) in [6.45, 7) is 8.45. The van der Waals surface area contributed by atoms with Crippen LogP contribution in [0.4, 0.5) is 0 Å². The second kappa shape index (κ2) is 5.85. The molecule has 1 aromatic heterocycles. The first kappa shape index (κ1) is 13.6. The van der Waals surface area contributed by atoms with Crippen LogP contribution in [0.3, 0.4) is 0 Å². The number of aryl methyl sites for hydroxylation is 2. The normalized spacial score (nSPS) is 20.2. The number of likely N-dealkylation sites (tertiary alicyclic amines) is 1. The standard InChI is InChI=1S/C14H21NO2S/c1-4-17-12-6-5-7-15(9-12)14(16)13-8-10(2)11(3)18-13/h8,12H,4-7,9H2,1-3H3. The topological polar surface area (TPSA) is 29.5 Å². The third-order valence-electron chi connectivity index (χ3n) is 3.44. The van der Waals surface area contributed by atoms with Crippen LogP contribution in [0.25, 0.3) is 0 Å². The summed E-state index contributed by atoms with van der Waals surface area (Å²) >= 11 is 1.60. The van der Waals surface area contributed by atoms with E-state index >= 15 is 0 Å². The lowest BCUT2D eigenvalue weighted by molar-refractivity contribution is 0.00742. The zero-order valence-electron chi connectivity index (χ0n) is 11.4. The fourth-order valence-corrected chi connectivity index (χ4v) is 3.33. The van der Waals surface area contributed by atoms with Crippen molar-refractivity contribution in [3.05, 3.63) is 21.4 Å². The van der Waals surface area contributed by atoms with Gasteiger partial charge in [-0.25, -0.2) is 0 Å². The van der Waals surface area contributed by atoms with Crippen LogP contribution in [0.1, 0.15) is 39.9 Å². The average Bonchev–Trinajstić information content (AvgIpc) is 2.69. The van der Waals surface area contributed by atoms with Crippen molar-refractivity contribution < 1.29 is 9.53 Å². The van der Waals surface area contributed by atoms with E-state index in [-0.39, 0.29) is 12.0 Å². The molecule has 1 amide bonds. The molecule has 1 aromatic rings. The Morgan fingerprint density at radius 1 is 1.56 bits per heavy atom. The molecule has 0 N–H and O–H groups in total. The second-order valence-corrected chi connectivity index (χ2v) is 6.08. The summed E-state index contributed by atoms with van der Waals surface area (Å²) in [7, 11) is 0. The first-order valence-electron chi connectivity index (χ1n) is 6.59. The van der Waals surface area contributed by atoms with Crippen LogP contribution >= 0.6 is 11.3 Å². The number of ether oxygens (including phenoxy) is 1. The summed E-state index contributed by atoms with van der Waals surface area (Å²) in [6, 6.07) is 2.01. The zero-order valence-corrected chi connectivity index (χ0v) is 12.2. The maximum Gasteiger partial charge on any atom is 0.264 e. The fraction of sp³-hybridized carbons (Fsp3) is 0.643. The summed E-state index contributed by atoms with van der Waals surface area (Å²) in [4.78, 5) is 16.4. The number of carbonyl (C=O) groups excluding carboxylic acids is 1. The van der Waals surface area contributed by atoms with Gasteiger partial charge in [0.1, 0.15) is 0 Å². The minimum absolute atomic E-state index is 0.167. The molecule has 1 fully saturated rings. The molecule has 18 heavy (non-hydrogen) atoms. The molecular weight excluding hydrogens is 246 g/mol. The number of hydrogen-bond donors (Lipinski definition) is 0. The van der Waals surface area contributed by atoms with Crippen LogP contribution in [0.2, 0.25) is 0 Å². The molecule has 0 saturated carbocycles. The molecule has 1 aliphatic rings. The molecule has 0 spiro atoms. The van der Waals surface area contributed by atoms with Gasteiger partial charge in [-0.2, -0.15) is 0 Å². The lowest BCUT2D eigenvalue weighted by Gasteiger charge is -2.32. The molecule has 0 radical (unpaired) electrons. The number of piperidine rings is 1. The molecule has 3 nitrogen and oxygen atoms in total.